The summed E-state index contributed by atoms with van der Waals surface area (Å²) < 4.78 is 19.9. The van der Waals surface area contributed by atoms with Crippen molar-refractivity contribution in [1.82, 2.24) is 9.55 Å². The molecule has 1 aliphatic rings. The third kappa shape index (κ3) is 2.62. The largest absolute Gasteiger partial charge is 0.394 e. The standard InChI is InChI=1S/C11H12BrFN2O5/c12-2-1-5-3-15(11(19)14-9(5)18)10-7(13)8(17)6(4-16)20-10/h1-3,6-8,10,16-17H,4H2,(H,14,18,19)/t6-,7-,8-,10-/m1/s1. The van der Waals surface area contributed by atoms with Crippen LogP contribution in [0.15, 0.2) is 20.8 Å². The van der Waals surface area contributed by atoms with Crippen molar-refractivity contribution in [1.29, 1.82) is 0 Å². The molecule has 1 saturated heterocycles. The summed E-state index contributed by atoms with van der Waals surface area (Å²) in [6, 6.07) is 0. The Hall–Kier alpha value is -1.29. The molecule has 9 heteroatoms. The van der Waals surface area contributed by atoms with Crippen LogP contribution in [0.25, 0.3) is 6.08 Å². The molecule has 1 fully saturated rings. The predicted molar refractivity (Wildman–Crippen MR) is 71.2 cm³/mol. The van der Waals surface area contributed by atoms with E-state index in [1.165, 1.54) is 11.1 Å². The van der Waals surface area contributed by atoms with Crippen LogP contribution in [0.4, 0.5) is 4.39 Å². The van der Waals surface area contributed by atoms with Crippen LogP contribution in [0.3, 0.4) is 0 Å². The van der Waals surface area contributed by atoms with Crippen LogP contribution in [0.1, 0.15) is 11.8 Å². The molecule has 2 rings (SSSR count). The highest BCUT2D eigenvalue weighted by atomic mass is 79.9. The summed E-state index contributed by atoms with van der Waals surface area (Å²) in [5, 5.41) is 18.5. The molecule has 1 aromatic heterocycles. The lowest BCUT2D eigenvalue weighted by Gasteiger charge is -2.16. The molecule has 4 atom stereocenters. The zero-order chi connectivity index (χ0) is 14.9. The number of aromatic amines is 1. The maximum Gasteiger partial charge on any atom is 0.330 e. The van der Waals surface area contributed by atoms with Gasteiger partial charge in [0, 0.05) is 6.20 Å². The van der Waals surface area contributed by atoms with E-state index in [9.17, 15) is 19.1 Å². The number of H-pyrrole nitrogens is 1. The Bertz CT molecular complexity index is 628. The van der Waals surface area contributed by atoms with Crippen molar-refractivity contribution in [2.45, 2.75) is 24.6 Å². The van der Waals surface area contributed by atoms with E-state index in [1.54, 1.807) is 0 Å². The van der Waals surface area contributed by atoms with E-state index in [2.05, 4.69) is 15.9 Å². The zero-order valence-corrected chi connectivity index (χ0v) is 11.7. The maximum absolute atomic E-state index is 13.9. The highest BCUT2D eigenvalue weighted by Gasteiger charge is 2.45. The first-order chi connectivity index (χ1) is 9.49. The highest BCUT2D eigenvalue weighted by Crippen LogP contribution is 2.30. The fourth-order valence-electron chi connectivity index (χ4n) is 1.95. The van der Waals surface area contributed by atoms with Gasteiger partial charge in [-0.15, -0.1) is 0 Å². The Morgan fingerprint density at radius 1 is 1.55 bits per heavy atom. The average molecular weight is 351 g/mol. The van der Waals surface area contributed by atoms with Gasteiger partial charge in [-0.1, -0.05) is 15.9 Å². The average Bonchev–Trinajstić information content (AvgIpc) is 2.70. The molecule has 0 bridgehead atoms. The molecule has 0 radical (unpaired) electrons. The minimum absolute atomic E-state index is 0.110. The fourth-order valence-corrected chi connectivity index (χ4v) is 2.24. The summed E-state index contributed by atoms with van der Waals surface area (Å²) in [4.78, 5) is 26.6. The number of hydrogen-bond donors (Lipinski definition) is 3. The number of aliphatic hydroxyl groups is 2. The predicted octanol–water partition coefficient (Wildman–Crippen LogP) is -0.509. The van der Waals surface area contributed by atoms with Gasteiger partial charge in [0.1, 0.15) is 12.2 Å². The second-order valence-corrected chi connectivity index (χ2v) is 4.75. The molecule has 7 nitrogen and oxygen atoms in total. The van der Waals surface area contributed by atoms with Crippen LogP contribution >= 0.6 is 15.9 Å². The monoisotopic (exact) mass is 350 g/mol. The van der Waals surface area contributed by atoms with Crippen LogP contribution in [0, 0.1) is 0 Å². The Labute approximate surface area is 120 Å². The molecule has 0 aromatic carbocycles. The molecule has 0 spiro atoms. The van der Waals surface area contributed by atoms with Crippen LogP contribution in [0.2, 0.25) is 0 Å². The summed E-state index contributed by atoms with van der Waals surface area (Å²) in [7, 11) is 0. The quantitative estimate of drug-likeness (QED) is 0.681. The number of nitrogens with zero attached hydrogens (tertiary/aromatic N) is 1. The van der Waals surface area contributed by atoms with Crippen molar-refractivity contribution in [3.63, 3.8) is 0 Å². The number of rotatable bonds is 3. The lowest BCUT2D eigenvalue weighted by Crippen LogP contribution is -2.36. The van der Waals surface area contributed by atoms with Crippen molar-refractivity contribution in [3.05, 3.63) is 37.6 Å². The van der Waals surface area contributed by atoms with Gasteiger partial charge in [-0.05, 0) is 11.1 Å². The topological polar surface area (TPSA) is 105 Å². The van der Waals surface area contributed by atoms with Gasteiger partial charge in [0.2, 0.25) is 0 Å². The van der Waals surface area contributed by atoms with Gasteiger partial charge in [0.05, 0.1) is 12.2 Å². The molecule has 0 unspecified atom stereocenters. The van der Waals surface area contributed by atoms with E-state index in [1.807, 2.05) is 4.98 Å². The molecule has 3 N–H and O–H groups in total. The molecule has 1 aromatic rings. The van der Waals surface area contributed by atoms with E-state index in [4.69, 9.17) is 9.84 Å². The minimum atomic E-state index is -1.89. The lowest BCUT2D eigenvalue weighted by molar-refractivity contribution is -0.0491. The molecule has 0 saturated carbocycles. The van der Waals surface area contributed by atoms with Crippen molar-refractivity contribution >= 4 is 22.0 Å². The third-order valence-corrected chi connectivity index (χ3v) is 3.25. The van der Waals surface area contributed by atoms with E-state index < -0.39 is 42.5 Å². The van der Waals surface area contributed by atoms with Gasteiger partial charge >= 0.3 is 5.69 Å². The lowest BCUT2D eigenvalue weighted by atomic mass is 10.1. The fraction of sp³-hybridized carbons (Fsp3) is 0.455. The molecule has 1 aliphatic heterocycles. The first-order valence-electron chi connectivity index (χ1n) is 5.70. The molecular formula is C11H12BrFN2O5. The van der Waals surface area contributed by atoms with Gasteiger partial charge in [-0.2, -0.15) is 0 Å². The number of halogens is 2. The Kier molecular flexibility index (Phi) is 4.53. The minimum Gasteiger partial charge on any atom is -0.394 e. The summed E-state index contributed by atoms with van der Waals surface area (Å²) >= 11 is 2.99. The molecule has 2 heterocycles. The van der Waals surface area contributed by atoms with E-state index >= 15 is 0 Å². The van der Waals surface area contributed by atoms with Gasteiger partial charge in [-0.3, -0.25) is 14.3 Å². The van der Waals surface area contributed by atoms with Crippen molar-refractivity contribution in [2.24, 2.45) is 0 Å². The van der Waals surface area contributed by atoms with Crippen LogP contribution < -0.4 is 11.2 Å². The Morgan fingerprint density at radius 2 is 2.25 bits per heavy atom. The number of hydrogen-bond acceptors (Lipinski definition) is 5. The summed E-state index contributed by atoms with van der Waals surface area (Å²) in [5.74, 6) is 0. The van der Waals surface area contributed by atoms with Crippen molar-refractivity contribution in [2.75, 3.05) is 6.61 Å². The number of alkyl halides is 1. The smallest absolute Gasteiger partial charge is 0.330 e. The van der Waals surface area contributed by atoms with Crippen molar-refractivity contribution in [3.8, 4) is 0 Å². The van der Waals surface area contributed by atoms with Crippen LogP contribution in [-0.4, -0.2) is 44.8 Å². The van der Waals surface area contributed by atoms with Gasteiger partial charge < -0.3 is 14.9 Å². The summed E-state index contributed by atoms with van der Waals surface area (Å²) in [6.45, 7) is -0.579. The van der Waals surface area contributed by atoms with Crippen LogP contribution in [0.5, 0.6) is 0 Å². The highest BCUT2D eigenvalue weighted by molar-refractivity contribution is 9.11. The molecule has 0 amide bonds. The molecule has 110 valence electrons. The van der Waals surface area contributed by atoms with E-state index in [-0.39, 0.29) is 5.56 Å². The summed E-state index contributed by atoms with van der Waals surface area (Å²) in [5.41, 5.74) is -1.38. The normalized spacial score (nSPS) is 30.2. The SMILES string of the molecule is O=c1[nH]c(=O)n([C@@H]2O[C@H](CO)[C@@H](O)[C@H]2F)cc1C=CBr. The van der Waals surface area contributed by atoms with Gasteiger partial charge in [-0.25, -0.2) is 9.18 Å². The number of ether oxygens (including phenoxy) is 1. The van der Waals surface area contributed by atoms with E-state index in [0.29, 0.717) is 0 Å². The van der Waals surface area contributed by atoms with Crippen molar-refractivity contribution < 1.29 is 19.3 Å². The van der Waals surface area contributed by atoms with E-state index in [0.717, 1.165) is 10.8 Å². The molecule has 20 heavy (non-hydrogen) atoms. The zero-order valence-electron chi connectivity index (χ0n) is 10.1. The Morgan fingerprint density at radius 3 is 2.80 bits per heavy atom. The number of nitrogens with one attached hydrogen (secondary N) is 1. The summed E-state index contributed by atoms with van der Waals surface area (Å²) in [6.07, 6.45) is -3.46. The third-order valence-electron chi connectivity index (χ3n) is 2.99. The first-order valence-corrected chi connectivity index (χ1v) is 6.62. The second-order valence-electron chi connectivity index (χ2n) is 4.23. The molecular weight excluding hydrogens is 339 g/mol. The second kappa shape index (κ2) is 6.00. The van der Waals surface area contributed by atoms with Crippen LogP contribution in [-0.2, 0) is 4.74 Å². The first kappa shape index (κ1) is 15.1. The number of aromatic nitrogens is 2. The maximum atomic E-state index is 13.9. The molecule has 0 aliphatic carbocycles. The van der Waals surface area contributed by atoms with Gasteiger partial charge in [0.15, 0.2) is 12.4 Å². The van der Waals surface area contributed by atoms with Gasteiger partial charge in [0.25, 0.3) is 5.56 Å². The number of aliphatic hydroxyl groups excluding tert-OH is 2. The Balaban J connectivity index is 2.46.